The van der Waals surface area contributed by atoms with Crippen LogP contribution in [0.1, 0.15) is 367 Å². The zero-order valence-corrected chi connectivity index (χ0v) is 47.1. The molecule has 0 aliphatic heterocycles. The highest BCUT2D eigenvalue weighted by Crippen LogP contribution is 2.18. The van der Waals surface area contributed by atoms with Crippen LogP contribution in [0.5, 0.6) is 0 Å². The minimum atomic E-state index is -0.762. The second-order valence-electron chi connectivity index (χ2n) is 21.7. The Bertz CT molecular complexity index is 1030. The van der Waals surface area contributed by atoms with Crippen molar-refractivity contribution >= 4 is 17.9 Å². The minimum Gasteiger partial charge on any atom is -0.462 e. The van der Waals surface area contributed by atoms with Gasteiger partial charge in [-0.3, -0.25) is 14.4 Å². The van der Waals surface area contributed by atoms with Gasteiger partial charge in [0, 0.05) is 19.3 Å². The molecule has 6 nitrogen and oxygen atoms in total. The van der Waals surface area contributed by atoms with Crippen molar-refractivity contribution < 1.29 is 28.6 Å². The molecule has 0 amide bonds. The number of hydrogen-bond acceptors (Lipinski definition) is 6. The fourth-order valence-corrected chi connectivity index (χ4v) is 9.86. The molecule has 0 aromatic carbocycles. The molecule has 0 rings (SSSR count). The lowest BCUT2D eigenvalue weighted by Gasteiger charge is -2.18. The van der Waals surface area contributed by atoms with Crippen molar-refractivity contribution in [1.82, 2.24) is 0 Å². The van der Waals surface area contributed by atoms with E-state index in [1.807, 2.05) is 0 Å². The zero-order chi connectivity index (χ0) is 50.0. The molecular weight excluding hydrogens is 853 g/mol. The molecule has 0 aliphatic rings. The van der Waals surface area contributed by atoms with Crippen LogP contribution in [0.15, 0.2) is 0 Å². The molecule has 0 N–H and O–H groups in total. The van der Waals surface area contributed by atoms with Crippen molar-refractivity contribution in [3.63, 3.8) is 0 Å². The summed E-state index contributed by atoms with van der Waals surface area (Å²) < 4.78 is 17.0. The lowest BCUT2D eigenvalue weighted by molar-refractivity contribution is -0.167. The normalized spacial score (nSPS) is 11.9. The summed E-state index contributed by atoms with van der Waals surface area (Å²) in [5.41, 5.74) is 0. The van der Waals surface area contributed by atoms with E-state index in [1.165, 1.54) is 270 Å². The molecule has 0 aliphatic carbocycles. The highest BCUT2D eigenvalue weighted by atomic mass is 16.6. The van der Waals surface area contributed by atoms with Crippen LogP contribution in [-0.4, -0.2) is 37.2 Å². The monoisotopic (exact) mass is 975 g/mol. The number of rotatable bonds is 59. The molecule has 410 valence electrons. The highest BCUT2D eigenvalue weighted by Gasteiger charge is 2.19. The number of ether oxygens (including phenoxy) is 3. The van der Waals surface area contributed by atoms with E-state index in [0.29, 0.717) is 19.3 Å². The van der Waals surface area contributed by atoms with E-state index < -0.39 is 6.10 Å². The van der Waals surface area contributed by atoms with Crippen LogP contribution in [0, 0.1) is 0 Å². The lowest BCUT2D eigenvalue weighted by Crippen LogP contribution is -2.30. The lowest BCUT2D eigenvalue weighted by atomic mass is 10.0. The molecule has 1 unspecified atom stereocenters. The van der Waals surface area contributed by atoms with Crippen LogP contribution in [0.25, 0.3) is 0 Å². The molecule has 69 heavy (non-hydrogen) atoms. The second-order valence-corrected chi connectivity index (χ2v) is 21.7. The van der Waals surface area contributed by atoms with E-state index in [0.717, 1.165) is 57.8 Å². The first-order valence-electron chi connectivity index (χ1n) is 31.5. The number of carbonyl (C=O) groups excluding carboxylic acids is 3. The Labute approximate surface area is 431 Å². The summed E-state index contributed by atoms with van der Waals surface area (Å²) >= 11 is 0. The zero-order valence-electron chi connectivity index (χ0n) is 47.1. The topological polar surface area (TPSA) is 78.9 Å². The van der Waals surface area contributed by atoms with E-state index in [4.69, 9.17) is 14.2 Å². The van der Waals surface area contributed by atoms with Gasteiger partial charge in [0.15, 0.2) is 6.10 Å². The molecule has 6 heteroatoms. The Kier molecular flexibility index (Phi) is 57.6. The van der Waals surface area contributed by atoms with Crippen LogP contribution in [0.3, 0.4) is 0 Å². The summed E-state index contributed by atoms with van der Waals surface area (Å²) in [4.78, 5) is 38.3. The van der Waals surface area contributed by atoms with Gasteiger partial charge in [-0.15, -0.1) is 0 Å². The first-order chi connectivity index (χ1) is 34.0. The van der Waals surface area contributed by atoms with Gasteiger partial charge in [0.25, 0.3) is 0 Å². The van der Waals surface area contributed by atoms with Crippen LogP contribution >= 0.6 is 0 Å². The van der Waals surface area contributed by atoms with Gasteiger partial charge in [-0.2, -0.15) is 0 Å². The maximum absolute atomic E-state index is 12.9. The third-order valence-electron chi connectivity index (χ3n) is 14.6. The van der Waals surface area contributed by atoms with Crippen molar-refractivity contribution in [3.8, 4) is 0 Å². The minimum absolute atomic E-state index is 0.0605. The summed E-state index contributed by atoms with van der Waals surface area (Å²) in [5, 5.41) is 0. The molecular formula is C63H122O6. The predicted octanol–water partition coefficient (Wildman–Crippen LogP) is 21.1. The molecule has 0 fully saturated rings. The maximum atomic E-state index is 12.9. The molecule has 0 radical (unpaired) electrons. The maximum Gasteiger partial charge on any atom is 0.306 e. The summed E-state index contributed by atoms with van der Waals surface area (Å²) in [6.45, 7) is 6.73. The molecule has 0 heterocycles. The average Bonchev–Trinajstić information content (AvgIpc) is 3.35. The SMILES string of the molecule is CCCCCCCCCCCCCCCCCCCCC(=O)OC(COC(=O)CCCCCCCCCCCCCCCCCC)COC(=O)CCCCCCCCCCCCCCCCCCC. The predicted molar refractivity (Wildman–Crippen MR) is 298 cm³/mol. The van der Waals surface area contributed by atoms with E-state index in [1.54, 1.807) is 0 Å². The van der Waals surface area contributed by atoms with Crippen LogP contribution in [0.4, 0.5) is 0 Å². The Morgan fingerprint density at radius 1 is 0.232 bits per heavy atom. The quantitative estimate of drug-likeness (QED) is 0.0343. The first kappa shape index (κ1) is 67.4. The molecule has 0 spiro atoms. The average molecular weight is 976 g/mol. The van der Waals surface area contributed by atoms with Crippen molar-refractivity contribution in [3.05, 3.63) is 0 Å². The van der Waals surface area contributed by atoms with Gasteiger partial charge in [0.1, 0.15) is 13.2 Å². The van der Waals surface area contributed by atoms with Crippen molar-refractivity contribution in [2.75, 3.05) is 13.2 Å². The van der Waals surface area contributed by atoms with Gasteiger partial charge in [-0.25, -0.2) is 0 Å². The van der Waals surface area contributed by atoms with Gasteiger partial charge in [-0.05, 0) is 19.3 Å². The molecule has 1 atom stereocenters. The van der Waals surface area contributed by atoms with Crippen LogP contribution in [0.2, 0.25) is 0 Å². The Balaban J connectivity index is 4.28. The van der Waals surface area contributed by atoms with Crippen LogP contribution in [-0.2, 0) is 28.6 Å². The van der Waals surface area contributed by atoms with Gasteiger partial charge >= 0.3 is 17.9 Å². The Hall–Kier alpha value is -1.59. The van der Waals surface area contributed by atoms with Gasteiger partial charge < -0.3 is 14.2 Å². The Morgan fingerprint density at radius 3 is 0.580 bits per heavy atom. The van der Waals surface area contributed by atoms with Crippen molar-refractivity contribution in [2.24, 2.45) is 0 Å². The first-order valence-corrected chi connectivity index (χ1v) is 31.5. The molecule has 0 aromatic heterocycles. The van der Waals surface area contributed by atoms with Crippen molar-refractivity contribution in [2.45, 2.75) is 374 Å². The number of hydrogen-bond donors (Lipinski definition) is 0. The summed E-state index contributed by atoms with van der Waals surface area (Å²) in [5.74, 6) is -0.825. The second kappa shape index (κ2) is 59.0. The molecule has 0 bridgehead atoms. The van der Waals surface area contributed by atoms with Crippen LogP contribution < -0.4 is 0 Å². The fraction of sp³-hybridized carbons (Fsp3) is 0.952. The standard InChI is InChI=1S/C63H122O6/c1-4-7-10-13-16-19-22-25-28-31-33-36-39-42-45-48-51-54-57-63(66)69-60(58-67-61(64)55-52-49-46-43-40-37-34-30-27-24-21-18-15-12-9-6-3)59-68-62(65)56-53-50-47-44-41-38-35-32-29-26-23-20-17-14-11-8-5-2/h60H,4-59H2,1-3H3. The Morgan fingerprint density at radius 2 is 0.391 bits per heavy atom. The highest BCUT2D eigenvalue weighted by molar-refractivity contribution is 5.71. The number of unbranched alkanes of at least 4 members (excludes halogenated alkanes) is 48. The smallest absolute Gasteiger partial charge is 0.306 e. The van der Waals surface area contributed by atoms with Gasteiger partial charge in [0.2, 0.25) is 0 Å². The molecule has 0 saturated heterocycles. The molecule has 0 aromatic rings. The van der Waals surface area contributed by atoms with E-state index in [2.05, 4.69) is 20.8 Å². The number of carbonyl (C=O) groups is 3. The van der Waals surface area contributed by atoms with E-state index in [-0.39, 0.29) is 31.1 Å². The van der Waals surface area contributed by atoms with E-state index in [9.17, 15) is 14.4 Å². The summed E-state index contributed by atoms with van der Waals surface area (Å²) in [6.07, 6.45) is 66.7. The molecule has 0 saturated carbocycles. The summed E-state index contributed by atoms with van der Waals surface area (Å²) in [6, 6.07) is 0. The van der Waals surface area contributed by atoms with Gasteiger partial charge in [0.05, 0.1) is 0 Å². The largest absolute Gasteiger partial charge is 0.462 e. The number of esters is 3. The summed E-state index contributed by atoms with van der Waals surface area (Å²) in [7, 11) is 0. The van der Waals surface area contributed by atoms with Crippen molar-refractivity contribution in [1.29, 1.82) is 0 Å². The third-order valence-corrected chi connectivity index (χ3v) is 14.6. The fourth-order valence-electron chi connectivity index (χ4n) is 9.86. The third kappa shape index (κ3) is 57.2. The van der Waals surface area contributed by atoms with E-state index >= 15 is 0 Å². The van der Waals surface area contributed by atoms with Gasteiger partial charge in [-0.1, -0.05) is 329 Å².